The topological polar surface area (TPSA) is 52.5 Å². The van der Waals surface area contributed by atoms with Crippen LogP contribution in [0.2, 0.25) is 0 Å². The van der Waals surface area contributed by atoms with Crippen molar-refractivity contribution in [3.8, 4) is 29.0 Å². The van der Waals surface area contributed by atoms with Gasteiger partial charge >= 0.3 is 12.4 Å². The van der Waals surface area contributed by atoms with Gasteiger partial charge in [-0.25, -0.2) is 4.39 Å². The molecule has 0 saturated carbocycles. The average molecular weight is 748 g/mol. The van der Waals surface area contributed by atoms with E-state index >= 15 is 0 Å². The second-order valence-corrected chi connectivity index (χ2v) is 13.5. The van der Waals surface area contributed by atoms with E-state index in [2.05, 4.69) is 50.2 Å². The van der Waals surface area contributed by atoms with Crippen molar-refractivity contribution >= 4 is 21.8 Å². The molecule has 0 radical (unpaired) electrons. The number of aromatic nitrogens is 1. The number of nitriles is 2. The fourth-order valence-corrected chi connectivity index (χ4v) is 6.78. The van der Waals surface area contributed by atoms with Crippen molar-refractivity contribution < 1.29 is 30.7 Å². The number of nitrogens with zero attached hydrogens (tertiary/aromatic N) is 3. The summed E-state index contributed by atoms with van der Waals surface area (Å²) in [5.74, 6) is -1.01. The predicted molar refractivity (Wildman–Crippen MR) is 200 cm³/mol. The largest absolute Gasteiger partial charge is 0.417 e. The highest BCUT2D eigenvalue weighted by molar-refractivity contribution is 6.09. The van der Waals surface area contributed by atoms with Gasteiger partial charge in [-0.15, -0.1) is 0 Å². The first-order valence-corrected chi connectivity index (χ1v) is 17.1. The minimum Gasteiger partial charge on any atom is -0.309 e. The molecule has 0 bridgehead atoms. The van der Waals surface area contributed by atoms with Crippen LogP contribution >= 0.6 is 0 Å². The minimum atomic E-state index is -4.69. The Morgan fingerprint density at radius 2 is 0.927 bits per heavy atom. The molecule has 0 atom stereocenters. The van der Waals surface area contributed by atoms with Gasteiger partial charge in [-0.05, 0) is 117 Å². The molecule has 1 heterocycles. The summed E-state index contributed by atoms with van der Waals surface area (Å²) < 4.78 is 90.8. The third-order valence-corrected chi connectivity index (χ3v) is 9.37. The minimum absolute atomic E-state index is 0.304. The van der Waals surface area contributed by atoms with Crippen molar-refractivity contribution in [3.05, 3.63) is 171 Å². The Morgan fingerprint density at radius 3 is 1.38 bits per heavy atom. The molecule has 0 N–H and O–H groups in total. The Balaban J connectivity index is 0.000000155. The van der Waals surface area contributed by atoms with Crippen molar-refractivity contribution in [1.82, 2.24) is 4.57 Å². The van der Waals surface area contributed by atoms with Crippen LogP contribution in [-0.4, -0.2) is 4.57 Å². The van der Waals surface area contributed by atoms with Gasteiger partial charge in [0.15, 0.2) is 0 Å². The van der Waals surface area contributed by atoms with E-state index in [-0.39, 0.29) is 5.56 Å². The molecule has 1 aliphatic carbocycles. The molecule has 0 unspecified atom stereocenters. The number of hydrogen-bond acceptors (Lipinski definition) is 2. The highest BCUT2D eigenvalue weighted by Gasteiger charge is 2.35. The molecule has 6 aromatic carbocycles. The molecule has 7 aromatic rings. The van der Waals surface area contributed by atoms with Gasteiger partial charge in [0.1, 0.15) is 5.82 Å². The number of aryl methyl sites for hydroxylation is 4. The summed E-state index contributed by atoms with van der Waals surface area (Å²) in [4.78, 5) is 0. The quantitative estimate of drug-likeness (QED) is 0.157. The Kier molecular flexibility index (Phi) is 10.3. The zero-order chi connectivity index (χ0) is 39.8. The normalized spacial score (nSPS) is 11.8. The average Bonchev–Trinajstić information content (AvgIpc) is 3.65. The lowest BCUT2D eigenvalue weighted by atomic mass is 10.0. The summed E-state index contributed by atoms with van der Waals surface area (Å²) in [6.45, 7) is 8.30. The molecule has 1 aromatic heterocycles. The first-order chi connectivity index (χ1) is 26.0. The molecule has 0 amide bonds. The molecule has 276 valence electrons. The Labute approximate surface area is 313 Å². The standard InChI is InChI=1S/C22H15F3N2.C15H14.C8H3F4N/c1-13-3-7-20-17(9-13)18-10-14(2)4-8-21(18)27(20)16-6-5-15(12-26)19(11-16)22(23,24)25;1-10-3-5-12-9-13-6-4-11(2)8-15(13)14(12)7-10;9-6-2-1-5(4-13)7(3-6)8(10,11)12/h3-11H,1-2H3;3-8H,9H2,1-2H3;1-3H. The second-order valence-electron chi connectivity index (χ2n) is 13.5. The molecule has 55 heavy (non-hydrogen) atoms. The van der Waals surface area contributed by atoms with Crippen LogP contribution in [0.1, 0.15) is 55.6 Å². The van der Waals surface area contributed by atoms with Crippen LogP contribution in [0, 0.1) is 56.2 Å². The van der Waals surface area contributed by atoms with Gasteiger partial charge < -0.3 is 4.57 Å². The number of rotatable bonds is 1. The maximum atomic E-state index is 13.4. The fourth-order valence-electron chi connectivity index (χ4n) is 6.78. The van der Waals surface area contributed by atoms with E-state index in [0.717, 1.165) is 57.6 Å². The summed E-state index contributed by atoms with van der Waals surface area (Å²) in [5.41, 5.74) is 9.63. The third kappa shape index (κ3) is 7.95. The van der Waals surface area contributed by atoms with Gasteiger partial charge in [-0.1, -0.05) is 70.8 Å². The smallest absolute Gasteiger partial charge is 0.309 e. The SMILES string of the molecule is Cc1ccc2c(c1)-c1cc(C)ccc1C2.Cc1ccc2c(c1)c1cc(C)ccc1n2-c1ccc(C#N)c(C(F)(F)F)c1.N#Cc1ccc(F)cc1C(F)(F)F. The molecular formula is C45H32F7N3. The van der Waals surface area contributed by atoms with E-state index in [0.29, 0.717) is 11.8 Å². The molecule has 0 fully saturated rings. The summed E-state index contributed by atoms with van der Waals surface area (Å²) in [5, 5.41) is 19.3. The van der Waals surface area contributed by atoms with Crippen LogP contribution in [-0.2, 0) is 18.8 Å². The lowest BCUT2D eigenvalue weighted by molar-refractivity contribution is -0.138. The Morgan fingerprint density at radius 1 is 0.509 bits per heavy atom. The van der Waals surface area contributed by atoms with Crippen LogP contribution in [0.25, 0.3) is 38.6 Å². The van der Waals surface area contributed by atoms with Crippen LogP contribution in [0.4, 0.5) is 30.7 Å². The molecule has 3 nitrogen and oxygen atoms in total. The third-order valence-electron chi connectivity index (χ3n) is 9.37. The zero-order valence-electron chi connectivity index (χ0n) is 30.1. The summed E-state index contributed by atoms with van der Waals surface area (Å²) in [6.07, 6.45) is -8.18. The number of halogens is 7. The van der Waals surface area contributed by atoms with E-state index in [9.17, 15) is 30.7 Å². The highest BCUT2D eigenvalue weighted by atomic mass is 19.4. The Hall–Kier alpha value is -6.39. The lowest BCUT2D eigenvalue weighted by Crippen LogP contribution is -2.09. The van der Waals surface area contributed by atoms with E-state index in [1.165, 1.54) is 45.5 Å². The number of benzene rings is 6. The van der Waals surface area contributed by atoms with Crippen LogP contribution in [0.3, 0.4) is 0 Å². The zero-order valence-corrected chi connectivity index (χ0v) is 30.1. The lowest BCUT2D eigenvalue weighted by Gasteiger charge is -2.13. The first kappa shape index (κ1) is 38.3. The van der Waals surface area contributed by atoms with Crippen molar-refractivity contribution in [2.75, 3.05) is 0 Å². The van der Waals surface area contributed by atoms with E-state index in [1.807, 2.05) is 54.8 Å². The summed E-state index contributed by atoms with van der Waals surface area (Å²) >= 11 is 0. The molecule has 0 aliphatic heterocycles. The molecule has 0 saturated heterocycles. The van der Waals surface area contributed by atoms with Gasteiger partial charge in [-0.2, -0.15) is 36.9 Å². The highest BCUT2D eigenvalue weighted by Crippen LogP contribution is 2.39. The maximum Gasteiger partial charge on any atom is 0.417 e. The molecule has 1 aliphatic rings. The Bertz CT molecular complexity index is 2580. The van der Waals surface area contributed by atoms with Gasteiger partial charge in [0.25, 0.3) is 0 Å². The van der Waals surface area contributed by atoms with Gasteiger partial charge in [-0.3, -0.25) is 0 Å². The summed E-state index contributed by atoms with van der Waals surface area (Å²) in [6, 6.07) is 34.1. The summed E-state index contributed by atoms with van der Waals surface area (Å²) in [7, 11) is 0. The molecule has 0 spiro atoms. The monoisotopic (exact) mass is 747 g/mol. The van der Waals surface area contributed by atoms with E-state index in [4.69, 9.17) is 10.5 Å². The fraction of sp³-hybridized carbons (Fsp3) is 0.156. The maximum absolute atomic E-state index is 13.4. The van der Waals surface area contributed by atoms with Crippen molar-refractivity contribution in [2.24, 2.45) is 0 Å². The van der Waals surface area contributed by atoms with Gasteiger partial charge in [0, 0.05) is 16.5 Å². The van der Waals surface area contributed by atoms with Crippen LogP contribution < -0.4 is 0 Å². The van der Waals surface area contributed by atoms with E-state index in [1.54, 1.807) is 12.1 Å². The molecule has 8 rings (SSSR count). The van der Waals surface area contributed by atoms with Crippen molar-refractivity contribution in [3.63, 3.8) is 0 Å². The molecule has 10 heteroatoms. The predicted octanol–water partition coefficient (Wildman–Crippen LogP) is 12.9. The van der Waals surface area contributed by atoms with E-state index < -0.39 is 34.9 Å². The number of hydrogen-bond donors (Lipinski definition) is 0. The van der Waals surface area contributed by atoms with Crippen molar-refractivity contribution in [2.45, 2.75) is 46.5 Å². The van der Waals surface area contributed by atoms with Gasteiger partial charge in [0.05, 0.1) is 45.4 Å². The number of fused-ring (bicyclic) bond motifs is 6. The van der Waals surface area contributed by atoms with Crippen molar-refractivity contribution in [1.29, 1.82) is 10.5 Å². The molecular weight excluding hydrogens is 716 g/mol. The first-order valence-electron chi connectivity index (χ1n) is 17.1. The second kappa shape index (κ2) is 14.8. The van der Waals surface area contributed by atoms with Gasteiger partial charge in [0.2, 0.25) is 0 Å². The van der Waals surface area contributed by atoms with Crippen LogP contribution in [0.5, 0.6) is 0 Å². The number of alkyl halides is 6. The van der Waals surface area contributed by atoms with Crippen LogP contribution in [0.15, 0.2) is 109 Å².